The molecular formula is C18H17N3O4. The number of aromatic carboxylic acids is 1. The molecular weight excluding hydrogens is 322 g/mol. The second-order valence-electron chi connectivity index (χ2n) is 6.21. The average molecular weight is 339 g/mol. The number of aromatic nitrogens is 2. The molecule has 7 heteroatoms. The molecule has 0 saturated heterocycles. The van der Waals surface area contributed by atoms with Gasteiger partial charge in [0.05, 0.1) is 5.69 Å². The van der Waals surface area contributed by atoms with E-state index in [4.69, 9.17) is 5.11 Å². The Morgan fingerprint density at radius 3 is 2.72 bits per heavy atom. The number of H-pyrrole nitrogens is 2. The Balaban J connectivity index is 1.97. The zero-order valence-electron chi connectivity index (χ0n) is 13.6. The largest absolute Gasteiger partial charge is 0.506 e. The first-order valence-corrected chi connectivity index (χ1v) is 8.01. The Bertz CT molecular complexity index is 1080. The standard InChI is InChI=1S/C18H17N3O4/c1-19-7-8-6-12-9-2-3-11-15(10(9)4-5-13(12)20-8)21-17(23)14(16(11)22)18(24)25/h4-6,19-20H,2-3,7H2,1H3,(H,24,25)(H2,21,22,23). The lowest BCUT2D eigenvalue weighted by Gasteiger charge is -2.21. The highest BCUT2D eigenvalue weighted by Gasteiger charge is 2.27. The smallest absolute Gasteiger partial charge is 0.345 e. The van der Waals surface area contributed by atoms with E-state index in [1.165, 1.54) is 0 Å². The number of rotatable bonds is 3. The van der Waals surface area contributed by atoms with Crippen LogP contribution in [0.5, 0.6) is 5.75 Å². The van der Waals surface area contributed by atoms with Gasteiger partial charge in [-0.3, -0.25) is 4.79 Å². The molecule has 7 nitrogen and oxygen atoms in total. The topological polar surface area (TPSA) is 118 Å². The molecule has 5 N–H and O–H groups in total. The summed E-state index contributed by atoms with van der Waals surface area (Å²) in [5.74, 6) is -1.85. The highest BCUT2D eigenvalue weighted by molar-refractivity contribution is 5.95. The van der Waals surface area contributed by atoms with Crippen molar-refractivity contribution >= 4 is 16.9 Å². The molecule has 1 aromatic carbocycles. The van der Waals surface area contributed by atoms with Crippen molar-refractivity contribution in [1.29, 1.82) is 0 Å². The van der Waals surface area contributed by atoms with Crippen molar-refractivity contribution in [1.82, 2.24) is 15.3 Å². The summed E-state index contributed by atoms with van der Waals surface area (Å²) in [6, 6.07) is 5.91. The summed E-state index contributed by atoms with van der Waals surface area (Å²) < 4.78 is 0. The zero-order valence-corrected chi connectivity index (χ0v) is 13.6. The summed E-state index contributed by atoms with van der Waals surface area (Å²) in [6.45, 7) is 0.722. The molecule has 1 aliphatic carbocycles. The summed E-state index contributed by atoms with van der Waals surface area (Å²) in [5, 5.41) is 23.6. The quantitative estimate of drug-likeness (QED) is 0.498. The number of aromatic hydroxyl groups is 1. The van der Waals surface area contributed by atoms with Gasteiger partial charge in [-0.1, -0.05) is 6.07 Å². The molecule has 2 aromatic heterocycles. The number of aromatic amines is 2. The van der Waals surface area contributed by atoms with Crippen molar-refractivity contribution in [3.63, 3.8) is 0 Å². The molecule has 0 atom stereocenters. The minimum atomic E-state index is -1.43. The van der Waals surface area contributed by atoms with Crippen LogP contribution in [0.1, 0.15) is 27.2 Å². The van der Waals surface area contributed by atoms with E-state index in [-0.39, 0.29) is 0 Å². The molecule has 2 heterocycles. The fraction of sp³-hybridized carbons (Fsp3) is 0.222. The average Bonchev–Trinajstić information content (AvgIpc) is 2.97. The Kier molecular flexibility index (Phi) is 3.40. The highest BCUT2D eigenvalue weighted by Crippen LogP contribution is 2.39. The van der Waals surface area contributed by atoms with Crippen molar-refractivity contribution in [2.24, 2.45) is 0 Å². The van der Waals surface area contributed by atoms with Crippen LogP contribution in [0.4, 0.5) is 0 Å². The molecule has 1 aliphatic rings. The zero-order chi connectivity index (χ0) is 17.7. The van der Waals surface area contributed by atoms with Crippen LogP contribution >= 0.6 is 0 Å². The second-order valence-corrected chi connectivity index (χ2v) is 6.21. The third kappa shape index (κ3) is 2.24. The van der Waals surface area contributed by atoms with Gasteiger partial charge in [-0.2, -0.15) is 0 Å². The molecule has 0 amide bonds. The molecule has 0 fully saturated rings. The first-order chi connectivity index (χ1) is 12.0. The lowest BCUT2D eigenvalue weighted by atomic mass is 9.86. The van der Waals surface area contributed by atoms with Crippen LogP contribution in [0, 0.1) is 0 Å². The summed E-state index contributed by atoms with van der Waals surface area (Å²) in [7, 11) is 1.88. The minimum Gasteiger partial charge on any atom is -0.506 e. The molecule has 4 rings (SSSR count). The van der Waals surface area contributed by atoms with Gasteiger partial charge in [-0.05, 0) is 37.6 Å². The minimum absolute atomic E-state index is 0.429. The third-order valence-corrected chi connectivity index (χ3v) is 4.74. The Labute approximate surface area is 142 Å². The van der Waals surface area contributed by atoms with Crippen LogP contribution in [0.15, 0.2) is 23.0 Å². The van der Waals surface area contributed by atoms with Gasteiger partial charge in [-0.15, -0.1) is 0 Å². The summed E-state index contributed by atoms with van der Waals surface area (Å²) in [4.78, 5) is 29.3. The number of carboxylic acid groups (broad SMARTS) is 1. The predicted molar refractivity (Wildman–Crippen MR) is 93.2 cm³/mol. The number of fused-ring (bicyclic) bond motifs is 5. The van der Waals surface area contributed by atoms with Crippen LogP contribution in [-0.4, -0.2) is 33.2 Å². The van der Waals surface area contributed by atoms with Gasteiger partial charge >= 0.3 is 5.97 Å². The van der Waals surface area contributed by atoms with Crippen LogP contribution in [0.25, 0.3) is 22.2 Å². The lowest BCUT2D eigenvalue weighted by Crippen LogP contribution is -2.22. The monoisotopic (exact) mass is 339 g/mol. The van der Waals surface area contributed by atoms with Gasteiger partial charge in [0.1, 0.15) is 5.75 Å². The number of pyridine rings is 1. The van der Waals surface area contributed by atoms with E-state index in [9.17, 15) is 14.7 Å². The highest BCUT2D eigenvalue weighted by atomic mass is 16.4. The van der Waals surface area contributed by atoms with E-state index >= 15 is 0 Å². The summed E-state index contributed by atoms with van der Waals surface area (Å²) >= 11 is 0. The number of hydrogen-bond donors (Lipinski definition) is 5. The Morgan fingerprint density at radius 1 is 1.24 bits per heavy atom. The molecule has 128 valence electrons. The van der Waals surface area contributed by atoms with Crippen LogP contribution in [-0.2, 0) is 19.4 Å². The van der Waals surface area contributed by atoms with Gasteiger partial charge in [0.15, 0.2) is 5.56 Å². The maximum Gasteiger partial charge on any atom is 0.345 e. The summed E-state index contributed by atoms with van der Waals surface area (Å²) in [5.41, 5.74) is 3.59. The first kappa shape index (κ1) is 15.5. The van der Waals surface area contributed by atoms with Gasteiger partial charge in [0, 0.05) is 34.3 Å². The maximum absolute atomic E-state index is 12.1. The molecule has 0 bridgehead atoms. The molecule has 0 unspecified atom stereocenters. The van der Waals surface area contributed by atoms with Crippen LogP contribution < -0.4 is 10.9 Å². The van der Waals surface area contributed by atoms with Crippen LogP contribution in [0.3, 0.4) is 0 Å². The number of nitrogens with one attached hydrogen (secondary N) is 3. The van der Waals surface area contributed by atoms with E-state index in [1.54, 1.807) is 0 Å². The van der Waals surface area contributed by atoms with Crippen LogP contribution in [0.2, 0.25) is 0 Å². The van der Waals surface area contributed by atoms with E-state index in [1.807, 2.05) is 19.2 Å². The van der Waals surface area contributed by atoms with Crippen molar-refractivity contribution in [3.8, 4) is 17.0 Å². The Hall–Kier alpha value is -3.06. The molecule has 0 radical (unpaired) electrons. The van der Waals surface area contributed by atoms with Gasteiger partial charge in [0.2, 0.25) is 0 Å². The normalized spacial score (nSPS) is 12.8. The third-order valence-electron chi connectivity index (χ3n) is 4.74. The predicted octanol–water partition coefficient (Wildman–Crippen LogP) is 1.74. The van der Waals surface area contributed by atoms with E-state index < -0.39 is 22.8 Å². The molecule has 0 spiro atoms. The van der Waals surface area contributed by atoms with E-state index in [0.717, 1.165) is 34.3 Å². The van der Waals surface area contributed by atoms with Crippen molar-refractivity contribution in [2.75, 3.05) is 7.05 Å². The summed E-state index contributed by atoms with van der Waals surface area (Å²) in [6.07, 6.45) is 1.13. The number of benzene rings is 1. The fourth-order valence-electron chi connectivity index (χ4n) is 3.66. The van der Waals surface area contributed by atoms with Gasteiger partial charge < -0.3 is 25.5 Å². The van der Waals surface area contributed by atoms with E-state index in [0.29, 0.717) is 24.1 Å². The number of aryl methyl sites for hydroxylation is 1. The number of carbonyl (C=O) groups is 1. The van der Waals surface area contributed by atoms with Crippen molar-refractivity contribution < 1.29 is 15.0 Å². The Morgan fingerprint density at radius 2 is 2.00 bits per heavy atom. The SMILES string of the molecule is CNCc1cc2c3c(ccc2[nH]1)-c1[nH]c(=O)c(C(=O)O)c(O)c1CC3. The fourth-order valence-corrected chi connectivity index (χ4v) is 3.66. The molecule has 0 aliphatic heterocycles. The van der Waals surface area contributed by atoms with Crippen molar-refractivity contribution in [2.45, 2.75) is 19.4 Å². The first-order valence-electron chi connectivity index (χ1n) is 8.01. The molecule has 25 heavy (non-hydrogen) atoms. The van der Waals surface area contributed by atoms with Crippen molar-refractivity contribution in [3.05, 3.63) is 50.9 Å². The van der Waals surface area contributed by atoms with Gasteiger partial charge in [0.25, 0.3) is 5.56 Å². The number of carboxylic acids is 1. The maximum atomic E-state index is 12.1. The lowest BCUT2D eigenvalue weighted by molar-refractivity contribution is 0.0691. The molecule has 3 aromatic rings. The van der Waals surface area contributed by atoms with E-state index in [2.05, 4.69) is 21.4 Å². The number of hydrogen-bond acceptors (Lipinski definition) is 4. The second kappa shape index (κ2) is 5.49. The van der Waals surface area contributed by atoms with Gasteiger partial charge in [-0.25, -0.2) is 4.79 Å². The molecule has 0 saturated carbocycles.